The number of hydrogen-bond donors (Lipinski definition) is 1. The molecule has 1 aliphatic heterocycles. The largest absolute Gasteiger partial charge is 0.322 e. The SMILES string of the molecule is CC1CCN(Cc2ccc(NC(=O)c3ccc(S(=O)(=O)N(C)C)cc3)cc2)CC1. The van der Waals surface area contributed by atoms with Gasteiger partial charge >= 0.3 is 0 Å². The molecular formula is C22H29N3O3S. The van der Waals surface area contributed by atoms with Gasteiger partial charge in [-0.15, -0.1) is 0 Å². The van der Waals surface area contributed by atoms with Crippen molar-refractivity contribution in [1.29, 1.82) is 0 Å². The molecule has 0 unspecified atom stereocenters. The third-order valence-corrected chi connectivity index (χ3v) is 7.22. The zero-order valence-corrected chi connectivity index (χ0v) is 18.1. The van der Waals surface area contributed by atoms with Crippen molar-refractivity contribution in [2.45, 2.75) is 31.2 Å². The summed E-state index contributed by atoms with van der Waals surface area (Å²) in [6, 6.07) is 13.9. The average molecular weight is 416 g/mol. The van der Waals surface area contributed by atoms with E-state index in [9.17, 15) is 13.2 Å². The fourth-order valence-corrected chi connectivity index (χ4v) is 4.27. The van der Waals surface area contributed by atoms with E-state index in [1.54, 1.807) is 0 Å². The number of likely N-dealkylation sites (tertiary alicyclic amines) is 1. The molecule has 1 amide bonds. The average Bonchev–Trinajstić information content (AvgIpc) is 2.71. The van der Waals surface area contributed by atoms with E-state index in [2.05, 4.69) is 17.1 Å². The number of piperidine rings is 1. The van der Waals surface area contributed by atoms with Gasteiger partial charge < -0.3 is 5.32 Å². The molecule has 0 spiro atoms. The maximum atomic E-state index is 12.5. The zero-order chi connectivity index (χ0) is 21.0. The van der Waals surface area contributed by atoms with Crippen molar-refractivity contribution in [3.05, 3.63) is 59.7 Å². The number of sulfonamides is 1. The highest BCUT2D eigenvalue weighted by Crippen LogP contribution is 2.20. The molecule has 2 aromatic carbocycles. The standard InChI is InChI=1S/C22H29N3O3S/c1-17-12-14-25(15-13-17)16-18-4-8-20(9-5-18)23-22(26)19-6-10-21(11-7-19)29(27,28)24(2)3/h4-11,17H,12-16H2,1-3H3,(H,23,26). The molecule has 1 saturated heterocycles. The third-order valence-electron chi connectivity index (χ3n) is 5.39. The first-order valence-electron chi connectivity index (χ1n) is 9.91. The van der Waals surface area contributed by atoms with Gasteiger partial charge in [0.1, 0.15) is 0 Å². The predicted molar refractivity (Wildman–Crippen MR) is 115 cm³/mol. The van der Waals surface area contributed by atoms with Gasteiger partial charge in [0.25, 0.3) is 5.91 Å². The van der Waals surface area contributed by atoms with Crippen LogP contribution in [0.1, 0.15) is 35.7 Å². The van der Waals surface area contributed by atoms with E-state index < -0.39 is 10.0 Å². The number of anilines is 1. The Morgan fingerprint density at radius 3 is 2.17 bits per heavy atom. The monoisotopic (exact) mass is 415 g/mol. The van der Waals surface area contributed by atoms with Crippen LogP contribution < -0.4 is 5.32 Å². The summed E-state index contributed by atoms with van der Waals surface area (Å²) in [5.74, 6) is 0.553. The Bertz CT molecular complexity index is 930. The van der Waals surface area contributed by atoms with Crippen LogP contribution in [0.15, 0.2) is 53.4 Å². The summed E-state index contributed by atoms with van der Waals surface area (Å²) in [5.41, 5.74) is 2.36. The molecule has 1 N–H and O–H groups in total. The van der Waals surface area contributed by atoms with Gasteiger partial charge in [0, 0.05) is 31.9 Å². The van der Waals surface area contributed by atoms with Gasteiger partial charge in [-0.1, -0.05) is 19.1 Å². The van der Waals surface area contributed by atoms with Gasteiger partial charge in [-0.3, -0.25) is 9.69 Å². The molecule has 29 heavy (non-hydrogen) atoms. The Morgan fingerprint density at radius 1 is 1.03 bits per heavy atom. The lowest BCUT2D eigenvalue weighted by Crippen LogP contribution is -2.32. The topological polar surface area (TPSA) is 69.7 Å². The van der Waals surface area contributed by atoms with Crippen molar-refractivity contribution in [3.8, 4) is 0 Å². The van der Waals surface area contributed by atoms with E-state index in [1.807, 2.05) is 24.3 Å². The second-order valence-electron chi connectivity index (χ2n) is 7.92. The molecule has 1 aliphatic rings. The lowest BCUT2D eigenvalue weighted by molar-refractivity contribution is 0.102. The lowest BCUT2D eigenvalue weighted by Gasteiger charge is -2.30. The van der Waals surface area contributed by atoms with Crippen LogP contribution in [0.3, 0.4) is 0 Å². The summed E-state index contributed by atoms with van der Waals surface area (Å²) in [5, 5.41) is 2.86. The number of benzene rings is 2. The minimum absolute atomic E-state index is 0.163. The highest BCUT2D eigenvalue weighted by molar-refractivity contribution is 7.89. The molecule has 0 aromatic heterocycles. The first-order chi connectivity index (χ1) is 13.8. The normalized spacial score (nSPS) is 16.1. The quantitative estimate of drug-likeness (QED) is 0.785. The van der Waals surface area contributed by atoms with Gasteiger partial charge in [0.15, 0.2) is 0 Å². The zero-order valence-electron chi connectivity index (χ0n) is 17.3. The molecule has 0 radical (unpaired) electrons. The van der Waals surface area contributed by atoms with E-state index in [-0.39, 0.29) is 10.8 Å². The van der Waals surface area contributed by atoms with Crippen molar-refractivity contribution < 1.29 is 13.2 Å². The number of hydrogen-bond acceptors (Lipinski definition) is 4. The number of rotatable bonds is 6. The smallest absolute Gasteiger partial charge is 0.255 e. The van der Waals surface area contributed by atoms with Crippen molar-refractivity contribution in [2.24, 2.45) is 5.92 Å². The van der Waals surface area contributed by atoms with E-state index in [4.69, 9.17) is 0 Å². The number of carbonyl (C=O) groups is 1. The van der Waals surface area contributed by atoms with Gasteiger partial charge in [-0.25, -0.2) is 12.7 Å². The summed E-state index contributed by atoms with van der Waals surface area (Å²) < 4.78 is 25.4. The number of carbonyl (C=O) groups excluding carboxylic acids is 1. The highest BCUT2D eigenvalue weighted by atomic mass is 32.2. The van der Waals surface area contributed by atoms with Crippen LogP contribution in [0.4, 0.5) is 5.69 Å². The molecular weight excluding hydrogens is 386 g/mol. The van der Waals surface area contributed by atoms with Crippen LogP contribution in [0.25, 0.3) is 0 Å². The molecule has 0 aliphatic carbocycles. The van der Waals surface area contributed by atoms with E-state index in [1.165, 1.54) is 56.8 Å². The Kier molecular flexibility index (Phi) is 6.72. The number of nitrogens with zero attached hydrogens (tertiary/aromatic N) is 2. The first-order valence-corrected chi connectivity index (χ1v) is 11.3. The molecule has 3 rings (SSSR count). The third kappa shape index (κ3) is 5.44. The molecule has 2 aromatic rings. The van der Waals surface area contributed by atoms with E-state index in [0.717, 1.165) is 35.5 Å². The molecule has 0 bridgehead atoms. The van der Waals surface area contributed by atoms with Crippen LogP contribution in [-0.4, -0.2) is 50.7 Å². The molecule has 1 fully saturated rings. The highest BCUT2D eigenvalue weighted by Gasteiger charge is 2.18. The number of amides is 1. The molecule has 7 heteroatoms. The molecule has 1 heterocycles. The second-order valence-corrected chi connectivity index (χ2v) is 10.1. The first kappa shape index (κ1) is 21.5. The van der Waals surface area contributed by atoms with Gasteiger partial charge in [-0.2, -0.15) is 0 Å². The second kappa shape index (κ2) is 9.07. The molecule has 6 nitrogen and oxygen atoms in total. The van der Waals surface area contributed by atoms with Crippen molar-refractivity contribution in [1.82, 2.24) is 9.21 Å². The Labute approximate surface area is 173 Å². The van der Waals surface area contributed by atoms with Crippen LogP contribution in [0.2, 0.25) is 0 Å². The van der Waals surface area contributed by atoms with Crippen LogP contribution in [0, 0.1) is 5.92 Å². The van der Waals surface area contributed by atoms with Crippen molar-refractivity contribution in [2.75, 3.05) is 32.5 Å². The Hall–Kier alpha value is -2.22. The lowest BCUT2D eigenvalue weighted by atomic mass is 9.99. The summed E-state index contributed by atoms with van der Waals surface area (Å²) >= 11 is 0. The summed E-state index contributed by atoms with van der Waals surface area (Å²) in [7, 11) is -0.546. The Balaban J connectivity index is 1.59. The maximum absolute atomic E-state index is 12.5. The van der Waals surface area contributed by atoms with Crippen LogP contribution >= 0.6 is 0 Å². The van der Waals surface area contributed by atoms with E-state index in [0.29, 0.717) is 5.56 Å². The van der Waals surface area contributed by atoms with Gasteiger partial charge in [-0.05, 0) is 73.8 Å². The minimum Gasteiger partial charge on any atom is -0.322 e. The predicted octanol–water partition coefficient (Wildman–Crippen LogP) is 3.42. The van der Waals surface area contributed by atoms with Crippen LogP contribution in [0.5, 0.6) is 0 Å². The summed E-state index contributed by atoms with van der Waals surface area (Å²) in [6.07, 6.45) is 2.51. The van der Waals surface area contributed by atoms with E-state index >= 15 is 0 Å². The number of nitrogens with one attached hydrogen (secondary N) is 1. The van der Waals surface area contributed by atoms with Crippen molar-refractivity contribution in [3.63, 3.8) is 0 Å². The van der Waals surface area contributed by atoms with Crippen LogP contribution in [-0.2, 0) is 16.6 Å². The fourth-order valence-electron chi connectivity index (χ4n) is 3.36. The molecule has 0 atom stereocenters. The summed E-state index contributed by atoms with van der Waals surface area (Å²) in [6.45, 7) is 5.52. The minimum atomic E-state index is -3.50. The Morgan fingerprint density at radius 2 is 1.62 bits per heavy atom. The molecule has 156 valence electrons. The van der Waals surface area contributed by atoms with Gasteiger partial charge in [0.2, 0.25) is 10.0 Å². The fraction of sp³-hybridized carbons (Fsp3) is 0.409. The van der Waals surface area contributed by atoms with Crippen molar-refractivity contribution >= 4 is 21.6 Å². The van der Waals surface area contributed by atoms with Gasteiger partial charge in [0.05, 0.1) is 4.90 Å². The molecule has 0 saturated carbocycles. The summed E-state index contributed by atoms with van der Waals surface area (Å²) in [4.78, 5) is 15.1. The maximum Gasteiger partial charge on any atom is 0.255 e.